The Balaban J connectivity index is 2.16. The second-order valence-electron chi connectivity index (χ2n) is 5.32. The van der Waals surface area contributed by atoms with E-state index in [-0.39, 0.29) is 12.4 Å². The number of aromatic nitrogens is 1. The molecule has 0 unspecified atom stereocenters. The lowest BCUT2D eigenvalue weighted by molar-refractivity contribution is 0.0527. The lowest BCUT2D eigenvalue weighted by Crippen LogP contribution is -2.09. The predicted molar refractivity (Wildman–Crippen MR) is 95.6 cm³/mol. The maximum absolute atomic E-state index is 12.3. The number of ether oxygens (including phenoxy) is 2. The Kier molecular flexibility index (Phi) is 4.70. The van der Waals surface area contributed by atoms with E-state index in [4.69, 9.17) is 9.47 Å². The third kappa shape index (κ3) is 3.47. The molecule has 0 saturated heterocycles. The topological polar surface area (TPSA) is 80.7 Å². The van der Waals surface area contributed by atoms with E-state index in [0.29, 0.717) is 17.0 Å². The zero-order chi connectivity index (χ0) is 17.8. The maximum atomic E-state index is 12.3. The molecule has 6 heteroatoms. The number of methoxy groups -OCH3 is 1. The molecule has 0 bridgehead atoms. The molecule has 0 aliphatic heterocycles. The van der Waals surface area contributed by atoms with Crippen molar-refractivity contribution in [2.45, 2.75) is 6.92 Å². The summed E-state index contributed by atoms with van der Waals surface area (Å²) in [7, 11) is 1.58. The third-order valence-electron chi connectivity index (χ3n) is 3.71. The number of phenolic OH excluding ortho intramolecular Hbond substituents is 1. The SMILES string of the molecule is CCOC(=O)c1cnc2ccc(OC)cc2c1Nc1ccc(O)cc1. The molecule has 3 aromatic rings. The Bertz CT molecular complexity index is 907. The number of anilines is 2. The number of benzene rings is 2. The van der Waals surface area contributed by atoms with Crippen molar-refractivity contribution >= 4 is 28.2 Å². The van der Waals surface area contributed by atoms with Gasteiger partial charge in [0, 0.05) is 17.3 Å². The molecule has 0 fully saturated rings. The van der Waals surface area contributed by atoms with Crippen molar-refractivity contribution in [1.82, 2.24) is 4.98 Å². The lowest BCUT2D eigenvalue weighted by Gasteiger charge is -2.15. The number of aromatic hydroxyl groups is 1. The van der Waals surface area contributed by atoms with E-state index in [0.717, 1.165) is 16.6 Å². The van der Waals surface area contributed by atoms with Gasteiger partial charge >= 0.3 is 5.97 Å². The monoisotopic (exact) mass is 338 g/mol. The first-order chi connectivity index (χ1) is 12.1. The minimum Gasteiger partial charge on any atom is -0.508 e. The Morgan fingerprint density at radius 1 is 1.20 bits per heavy atom. The number of hydrogen-bond donors (Lipinski definition) is 2. The highest BCUT2D eigenvalue weighted by atomic mass is 16.5. The predicted octanol–water partition coefficient (Wildman–Crippen LogP) is 3.87. The summed E-state index contributed by atoms with van der Waals surface area (Å²) in [5, 5.41) is 13.4. The van der Waals surface area contributed by atoms with Crippen LogP contribution in [0.3, 0.4) is 0 Å². The fourth-order valence-electron chi connectivity index (χ4n) is 2.49. The molecule has 1 heterocycles. The number of rotatable bonds is 5. The van der Waals surface area contributed by atoms with Crippen LogP contribution in [0, 0.1) is 0 Å². The summed E-state index contributed by atoms with van der Waals surface area (Å²) in [5.41, 5.74) is 2.34. The van der Waals surface area contributed by atoms with Crippen LogP contribution in [-0.2, 0) is 4.74 Å². The fourth-order valence-corrected chi connectivity index (χ4v) is 2.49. The number of esters is 1. The summed E-state index contributed by atoms with van der Waals surface area (Å²) < 4.78 is 10.4. The van der Waals surface area contributed by atoms with Gasteiger partial charge in [-0.15, -0.1) is 0 Å². The lowest BCUT2D eigenvalue weighted by atomic mass is 10.1. The highest BCUT2D eigenvalue weighted by molar-refractivity contribution is 6.06. The van der Waals surface area contributed by atoms with Crippen molar-refractivity contribution in [2.24, 2.45) is 0 Å². The van der Waals surface area contributed by atoms with Crippen LogP contribution in [0.1, 0.15) is 17.3 Å². The van der Waals surface area contributed by atoms with E-state index in [1.807, 2.05) is 18.2 Å². The molecule has 6 nitrogen and oxygen atoms in total. The quantitative estimate of drug-likeness (QED) is 0.543. The molecular weight excluding hydrogens is 320 g/mol. The summed E-state index contributed by atoms with van der Waals surface area (Å²) >= 11 is 0. The Labute approximate surface area is 145 Å². The number of carbonyl (C=O) groups excluding carboxylic acids is 1. The number of phenols is 1. The van der Waals surface area contributed by atoms with Gasteiger partial charge < -0.3 is 19.9 Å². The van der Waals surface area contributed by atoms with Crippen molar-refractivity contribution in [1.29, 1.82) is 0 Å². The van der Waals surface area contributed by atoms with Crippen LogP contribution in [0.25, 0.3) is 10.9 Å². The van der Waals surface area contributed by atoms with E-state index in [1.54, 1.807) is 38.3 Å². The molecular formula is C19H18N2O4. The minimum atomic E-state index is -0.457. The van der Waals surface area contributed by atoms with Crippen molar-refractivity contribution in [3.05, 3.63) is 54.2 Å². The molecule has 0 saturated carbocycles. The molecule has 25 heavy (non-hydrogen) atoms. The number of pyridine rings is 1. The van der Waals surface area contributed by atoms with Crippen molar-refractivity contribution in [2.75, 3.05) is 19.0 Å². The molecule has 0 amide bonds. The Morgan fingerprint density at radius 2 is 1.96 bits per heavy atom. The van der Waals surface area contributed by atoms with Gasteiger partial charge in [-0.2, -0.15) is 0 Å². The molecule has 3 rings (SSSR count). The normalized spacial score (nSPS) is 10.5. The fraction of sp³-hybridized carbons (Fsp3) is 0.158. The first-order valence-electron chi connectivity index (χ1n) is 7.82. The Morgan fingerprint density at radius 3 is 2.64 bits per heavy atom. The first-order valence-corrected chi connectivity index (χ1v) is 7.82. The zero-order valence-corrected chi connectivity index (χ0v) is 13.9. The summed E-state index contributed by atoms with van der Waals surface area (Å²) in [6, 6.07) is 12.0. The maximum Gasteiger partial charge on any atom is 0.341 e. The summed E-state index contributed by atoms with van der Waals surface area (Å²) in [5.74, 6) is 0.363. The largest absolute Gasteiger partial charge is 0.508 e. The molecule has 0 aliphatic carbocycles. The van der Waals surface area contributed by atoms with Crippen LogP contribution in [0.4, 0.5) is 11.4 Å². The van der Waals surface area contributed by atoms with Crippen molar-refractivity contribution in [3.8, 4) is 11.5 Å². The number of hydrogen-bond acceptors (Lipinski definition) is 6. The van der Waals surface area contributed by atoms with Crippen LogP contribution >= 0.6 is 0 Å². The highest BCUT2D eigenvalue weighted by Crippen LogP contribution is 2.32. The van der Waals surface area contributed by atoms with Gasteiger partial charge in [0.25, 0.3) is 0 Å². The summed E-state index contributed by atoms with van der Waals surface area (Å²) in [6.45, 7) is 2.02. The standard InChI is InChI=1S/C19H18N2O4/c1-3-25-19(23)16-11-20-17-9-8-14(24-2)10-15(17)18(16)21-12-4-6-13(22)7-5-12/h4-11,22H,3H2,1-2H3,(H,20,21). The second kappa shape index (κ2) is 7.09. The second-order valence-corrected chi connectivity index (χ2v) is 5.32. The van der Waals surface area contributed by atoms with Crippen molar-refractivity contribution in [3.63, 3.8) is 0 Å². The molecule has 1 aromatic heterocycles. The number of fused-ring (bicyclic) bond motifs is 1. The van der Waals surface area contributed by atoms with E-state index >= 15 is 0 Å². The summed E-state index contributed by atoms with van der Waals surface area (Å²) in [6.07, 6.45) is 1.50. The number of nitrogens with one attached hydrogen (secondary N) is 1. The number of carbonyl (C=O) groups is 1. The van der Waals surface area contributed by atoms with Gasteiger partial charge in [0.1, 0.15) is 17.1 Å². The number of nitrogens with zero attached hydrogens (tertiary/aromatic N) is 1. The molecule has 2 N–H and O–H groups in total. The van der Waals surface area contributed by atoms with Crippen LogP contribution in [0.5, 0.6) is 11.5 Å². The van der Waals surface area contributed by atoms with Crippen LogP contribution in [0.15, 0.2) is 48.7 Å². The van der Waals surface area contributed by atoms with Crippen molar-refractivity contribution < 1.29 is 19.4 Å². The summed E-state index contributed by atoms with van der Waals surface area (Å²) in [4.78, 5) is 16.7. The third-order valence-corrected chi connectivity index (χ3v) is 3.71. The molecule has 2 aromatic carbocycles. The molecule has 128 valence electrons. The molecule has 0 atom stereocenters. The van der Waals surface area contributed by atoms with E-state index in [2.05, 4.69) is 10.3 Å². The first kappa shape index (κ1) is 16.6. The minimum absolute atomic E-state index is 0.164. The van der Waals surface area contributed by atoms with E-state index < -0.39 is 5.97 Å². The average molecular weight is 338 g/mol. The van der Waals surface area contributed by atoms with Gasteiger partial charge in [-0.05, 0) is 49.4 Å². The van der Waals surface area contributed by atoms with Crippen LogP contribution in [0.2, 0.25) is 0 Å². The van der Waals surface area contributed by atoms with E-state index in [1.165, 1.54) is 6.20 Å². The smallest absolute Gasteiger partial charge is 0.341 e. The van der Waals surface area contributed by atoms with Crippen LogP contribution in [-0.4, -0.2) is 29.8 Å². The van der Waals surface area contributed by atoms with Gasteiger partial charge in [0.15, 0.2) is 0 Å². The highest BCUT2D eigenvalue weighted by Gasteiger charge is 2.17. The van der Waals surface area contributed by atoms with Crippen LogP contribution < -0.4 is 10.1 Å². The van der Waals surface area contributed by atoms with Gasteiger partial charge in [0.2, 0.25) is 0 Å². The Hall–Kier alpha value is -3.28. The van der Waals surface area contributed by atoms with E-state index in [9.17, 15) is 9.90 Å². The van der Waals surface area contributed by atoms with Gasteiger partial charge in [0.05, 0.1) is 24.9 Å². The molecule has 0 radical (unpaired) electrons. The molecule has 0 spiro atoms. The van der Waals surface area contributed by atoms with Gasteiger partial charge in [-0.3, -0.25) is 4.98 Å². The average Bonchev–Trinajstić information content (AvgIpc) is 2.63. The van der Waals surface area contributed by atoms with Gasteiger partial charge in [-0.25, -0.2) is 4.79 Å². The zero-order valence-electron chi connectivity index (χ0n) is 13.9. The van der Waals surface area contributed by atoms with Gasteiger partial charge in [-0.1, -0.05) is 0 Å². The molecule has 0 aliphatic rings.